The Morgan fingerprint density at radius 2 is 2.00 bits per heavy atom. The van der Waals surface area contributed by atoms with Crippen LogP contribution < -0.4 is 0 Å². The lowest BCUT2D eigenvalue weighted by atomic mass is 9.99. The largest absolute Gasteiger partial charge is 0.480 e. The SMILES string of the molecule is CC(C)=CCCC(C(=O)O)n1cnc2cc(-c3ccccc3-c3nn[nH]n3)ccc21. The number of carboxylic acids is 1. The van der Waals surface area contributed by atoms with Gasteiger partial charge in [0.05, 0.1) is 17.4 Å². The molecule has 2 aromatic heterocycles. The molecule has 0 saturated heterocycles. The minimum atomic E-state index is -0.858. The normalized spacial score (nSPS) is 12.1. The predicted octanol–water partition coefficient (Wildman–Crippen LogP) is 4.26. The lowest BCUT2D eigenvalue weighted by Gasteiger charge is -2.14. The third-order valence-corrected chi connectivity index (χ3v) is 5.01. The molecule has 4 aromatic rings. The second kappa shape index (κ2) is 8.28. The van der Waals surface area contributed by atoms with Crippen molar-refractivity contribution in [3.63, 3.8) is 0 Å². The van der Waals surface area contributed by atoms with Crippen molar-refractivity contribution in [3.05, 3.63) is 60.4 Å². The van der Waals surface area contributed by atoms with Crippen LogP contribution in [0.25, 0.3) is 33.5 Å². The molecule has 4 rings (SSSR count). The first kappa shape index (κ1) is 19.5. The van der Waals surface area contributed by atoms with Crippen molar-refractivity contribution in [3.8, 4) is 22.5 Å². The van der Waals surface area contributed by atoms with Crippen LogP contribution in [0, 0.1) is 0 Å². The Hall–Kier alpha value is -3.81. The standard InChI is InChI=1S/C22H22N6O2/c1-14(2)6-5-9-20(22(29)30)28-13-23-18-12-15(10-11-19(18)28)16-7-3-4-8-17(16)21-24-26-27-25-21/h3-4,6-8,10-13,20H,5,9H2,1-2H3,(H,29,30)(H,24,25,26,27). The van der Waals surface area contributed by atoms with Gasteiger partial charge in [0, 0.05) is 5.56 Å². The second-order valence-electron chi connectivity index (χ2n) is 7.35. The predicted molar refractivity (Wildman–Crippen MR) is 114 cm³/mol. The highest BCUT2D eigenvalue weighted by molar-refractivity contribution is 5.88. The van der Waals surface area contributed by atoms with Gasteiger partial charge in [-0.3, -0.25) is 0 Å². The molecular formula is C22H22N6O2. The van der Waals surface area contributed by atoms with Crippen molar-refractivity contribution >= 4 is 17.0 Å². The van der Waals surface area contributed by atoms with Gasteiger partial charge < -0.3 is 9.67 Å². The smallest absolute Gasteiger partial charge is 0.326 e. The number of fused-ring (bicyclic) bond motifs is 1. The molecule has 0 aliphatic carbocycles. The van der Waals surface area contributed by atoms with E-state index in [4.69, 9.17) is 0 Å². The number of aliphatic carboxylic acids is 1. The number of nitrogens with one attached hydrogen (secondary N) is 1. The Balaban J connectivity index is 1.71. The van der Waals surface area contributed by atoms with E-state index in [-0.39, 0.29) is 0 Å². The zero-order valence-corrected chi connectivity index (χ0v) is 16.8. The van der Waals surface area contributed by atoms with E-state index in [1.54, 1.807) is 10.9 Å². The van der Waals surface area contributed by atoms with Crippen LogP contribution in [0.2, 0.25) is 0 Å². The molecule has 2 heterocycles. The van der Waals surface area contributed by atoms with E-state index in [9.17, 15) is 9.90 Å². The van der Waals surface area contributed by atoms with Crippen LogP contribution in [0.3, 0.4) is 0 Å². The summed E-state index contributed by atoms with van der Waals surface area (Å²) in [6.07, 6.45) is 4.88. The monoisotopic (exact) mass is 402 g/mol. The molecule has 0 fully saturated rings. The van der Waals surface area contributed by atoms with E-state index in [1.807, 2.05) is 56.3 Å². The number of nitrogens with zero attached hydrogens (tertiary/aromatic N) is 5. The molecule has 0 bridgehead atoms. The summed E-state index contributed by atoms with van der Waals surface area (Å²) in [5.41, 5.74) is 5.47. The number of benzene rings is 2. The maximum absolute atomic E-state index is 11.9. The molecule has 1 unspecified atom stereocenters. The Labute approximate surface area is 173 Å². The summed E-state index contributed by atoms with van der Waals surface area (Å²) in [6.45, 7) is 4.02. The first-order valence-corrected chi connectivity index (χ1v) is 9.70. The van der Waals surface area contributed by atoms with Crippen LogP contribution in [-0.4, -0.2) is 41.3 Å². The van der Waals surface area contributed by atoms with Crippen molar-refractivity contribution < 1.29 is 9.90 Å². The summed E-state index contributed by atoms with van der Waals surface area (Å²) >= 11 is 0. The number of carboxylic acid groups (broad SMARTS) is 1. The molecule has 0 aliphatic heterocycles. The lowest BCUT2D eigenvalue weighted by molar-refractivity contribution is -0.141. The van der Waals surface area contributed by atoms with E-state index < -0.39 is 12.0 Å². The number of hydrogen-bond acceptors (Lipinski definition) is 5. The molecular weight excluding hydrogens is 380 g/mol. The van der Waals surface area contributed by atoms with Crippen LogP contribution in [0.1, 0.15) is 32.7 Å². The quantitative estimate of drug-likeness (QED) is 0.447. The number of hydrogen-bond donors (Lipinski definition) is 2. The van der Waals surface area contributed by atoms with Crippen molar-refractivity contribution in [2.45, 2.75) is 32.7 Å². The van der Waals surface area contributed by atoms with E-state index in [1.165, 1.54) is 5.57 Å². The lowest BCUT2D eigenvalue weighted by Crippen LogP contribution is -2.18. The van der Waals surface area contributed by atoms with Crippen molar-refractivity contribution in [2.75, 3.05) is 0 Å². The Kier molecular flexibility index (Phi) is 5.38. The average Bonchev–Trinajstić information content (AvgIpc) is 3.40. The molecule has 2 N–H and O–H groups in total. The van der Waals surface area contributed by atoms with Crippen LogP contribution in [-0.2, 0) is 4.79 Å². The van der Waals surface area contributed by atoms with Gasteiger partial charge in [0.2, 0.25) is 5.82 Å². The average molecular weight is 402 g/mol. The zero-order valence-electron chi connectivity index (χ0n) is 16.8. The van der Waals surface area contributed by atoms with Gasteiger partial charge in [0.25, 0.3) is 0 Å². The van der Waals surface area contributed by atoms with Crippen LogP contribution in [0.4, 0.5) is 0 Å². The minimum Gasteiger partial charge on any atom is -0.480 e. The highest BCUT2D eigenvalue weighted by Gasteiger charge is 2.21. The maximum Gasteiger partial charge on any atom is 0.326 e. The summed E-state index contributed by atoms with van der Waals surface area (Å²) in [7, 11) is 0. The van der Waals surface area contributed by atoms with Gasteiger partial charge in [-0.1, -0.05) is 42.0 Å². The summed E-state index contributed by atoms with van der Waals surface area (Å²) in [5, 5.41) is 24.1. The Morgan fingerprint density at radius 3 is 2.70 bits per heavy atom. The number of H-pyrrole nitrogens is 1. The van der Waals surface area contributed by atoms with Gasteiger partial charge in [-0.05, 0) is 55.2 Å². The Morgan fingerprint density at radius 1 is 1.20 bits per heavy atom. The molecule has 152 valence electrons. The number of carbonyl (C=O) groups is 1. The van der Waals surface area contributed by atoms with Crippen LogP contribution in [0.15, 0.2) is 60.4 Å². The van der Waals surface area contributed by atoms with Crippen LogP contribution >= 0.6 is 0 Å². The number of aromatic nitrogens is 6. The van der Waals surface area contributed by atoms with Gasteiger partial charge in [-0.15, -0.1) is 10.2 Å². The van der Waals surface area contributed by atoms with Gasteiger partial charge >= 0.3 is 5.97 Å². The third-order valence-electron chi connectivity index (χ3n) is 5.01. The Bertz CT molecular complexity index is 1210. The fraction of sp³-hybridized carbons (Fsp3) is 0.227. The van der Waals surface area contributed by atoms with Crippen molar-refractivity contribution in [1.82, 2.24) is 30.2 Å². The molecule has 8 heteroatoms. The van der Waals surface area contributed by atoms with Gasteiger partial charge in [0.15, 0.2) is 0 Å². The number of aromatic amines is 1. The van der Waals surface area contributed by atoms with E-state index in [2.05, 4.69) is 31.7 Å². The van der Waals surface area contributed by atoms with Gasteiger partial charge in [-0.25, -0.2) is 9.78 Å². The molecule has 0 radical (unpaired) electrons. The summed E-state index contributed by atoms with van der Waals surface area (Å²) in [5.74, 6) is -0.343. The van der Waals surface area contributed by atoms with Gasteiger partial charge in [0.1, 0.15) is 6.04 Å². The summed E-state index contributed by atoms with van der Waals surface area (Å²) in [4.78, 5) is 16.4. The molecule has 30 heavy (non-hydrogen) atoms. The molecule has 1 atom stereocenters. The summed E-state index contributed by atoms with van der Waals surface area (Å²) in [6, 6.07) is 13.0. The molecule has 0 aliphatic rings. The van der Waals surface area contributed by atoms with E-state index >= 15 is 0 Å². The molecule has 0 spiro atoms. The van der Waals surface area contributed by atoms with Crippen LogP contribution in [0.5, 0.6) is 0 Å². The van der Waals surface area contributed by atoms with E-state index in [0.29, 0.717) is 18.7 Å². The highest BCUT2D eigenvalue weighted by Crippen LogP contribution is 2.32. The second-order valence-corrected chi connectivity index (χ2v) is 7.35. The van der Waals surface area contributed by atoms with E-state index in [0.717, 1.165) is 27.7 Å². The first-order valence-electron chi connectivity index (χ1n) is 9.70. The first-order chi connectivity index (χ1) is 14.5. The van der Waals surface area contributed by atoms with Gasteiger partial charge in [-0.2, -0.15) is 5.21 Å². The minimum absolute atomic E-state index is 0.508. The van der Waals surface area contributed by atoms with Crippen molar-refractivity contribution in [2.24, 2.45) is 0 Å². The molecule has 0 amide bonds. The molecule has 2 aromatic carbocycles. The molecule has 8 nitrogen and oxygen atoms in total. The number of rotatable bonds is 7. The summed E-state index contributed by atoms with van der Waals surface area (Å²) < 4.78 is 1.74. The molecule has 0 saturated carbocycles. The maximum atomic E-state index is 11.9. The zero-order chi connectivity index (χ0) is 21.1. The topological polar surface area (TPSA) is 110 Å². The highest BCUT2D eigenvalue weighted by atomic mass is 16.4. The number of allylic oxidation sites excluding steroid dienone is 2. The number of imidazole rings is 1. The third kappa shape index (κ3) is 3.84. The fourth-order valence-corrected chi connectivity index (χ4v) is 3.56. The fourth-order valence-electron chi connectivity index (χ4n) is 3.56. The number of tetrazole rings is 1. The van der Waals surface area contributed by atoms with Crippen molar-refractivity contribution in [1.29, 1.82) is 0 Å².